The molecular formula is C22H19ClFNOS. The number of ether oxygens (including phenoxy) is 1. The van der Waals surface area contributed by atoms with Gasteiger partial charge < -0.3 is 4.74 Å². The van der Waals surface area contributed by atoms with E-state index in [4.69, 9.17) is 16.3 Å². The average molecular weight is 400 g/mol. The highest BCUT2D eigenvalue weighted by Gasteiger charge is 2.19. The van der Waals surface area contributed by atoms with Crippen molar-refractivity contribution in [1.82, 2.24) is 0 Å². The number of aryl methyl sites for hydroxylation is 2. The molecule has 0 aliphatic heterocycles. The molecular weight excluding hydrogens is 381 g/mol. The van der Waals surface area contributed by atoms with E-state index in [0.29, 0.717) is 11.1 Å². The van der Waals surface area contributed by atoms with Crippen molar-refractivity contribution < 1.29 is 9.13 Å². The summed E-state index contributed by atoms with van der Waals surface area (Å²) in [5.41, 5.74) is 5.00. The molecule has 5 heteroatoms. The molecule has 2 nitrogen and oxygen atoms in total. The fourth-order valence-electron chi connectivity index (χ4n) is 3.23. The van der Waals surface area contributed by atoms with E-state index in [9.17, 15) is 9.65 Å². The van der Waals surface area contributed by atoms with Gasteiger partial charge in [0.25, 0.3) is 0 Å². The lowest BCUT2D eigenvalue weighted by molar-refractivity contribution is 0.387. The minimum absolute atomic E-state index is 0.0273. The Balaban J connectivity index is 2.35. The lowest BCUT2D eigenvalue weighted by Crippen LogP contribution is -1.96. The summed E-state index contributed by atoms with van der Waals surface area (Å²) >= 11 is 7.81. The maximum atomic E-state index is 14.5. The van der Waals surface area contributed by atoms with Crippen molar-refractivity contribution in [2.75, 3.05) is 7.11 Å². The van der Waals surface area contributed by atoms with Gasteiger partial charge in [-0.1, -0.05) is 31.0 Å². The molecule has 0 unspecified atom stereocenters. The van der Waals surface area contributed by atoms with E-state index in [1.54, 1.807) is 17.4 Å². The van der Waals surface area contributed by atoms with Crippen molar-refractivity contribution in [3.8, 4) is 33.4 Å². The predicted octanol–water partition coefficient (Wildman–Crippen LogP) is 7.02. The fourth-order valence-corrected chi connectivity index (χ4v) is 4.52. The fraction of sp³-hybridized carbons (Fsp3) is 0.227. The van der Waals surface area contributed by atoms with Gasteiger partial charge in [0.2, 0.25) is 0 Å². The number of hydrogen-bond acceptors (Lipinski definition) is 3. The topological polar surface area (TPSA) is 33.0 Å². The molecule has 3 aromatic rings. The summed E-state index contributed by atoms with van der Waals surface area (Å²) in [7, 11) is 1.39. The molecule has 0 saturated carbocycles. The smallest absolute Gasteiger partial charge is 0.173 e. The van der Waals surface area contributed by atoms with Crippen molar-refractivity contribution >= 4 is 22.9 Å². The van der Waals surface area contributed by atoms with E-state index in [2.05, 4.69) is 13.0 Å². The molecule has 1 aromatic heterocycles. The summed E-state index contributed by atoms with van der Waals surface area (Å²) in [5.74, 6) is -0.493. The SMILES string of the molecule is CCCc1cc(C#N)c(-c2sccc2C)c(-c2cc(F)c(OC)c(Cl)c2)c1. The number of hydrogen-bond donors (Lipinski definition) is 0. The Bertz CT molecular complexity index is 1010. The number of benzene rings is 2. The Hall–Kier alpha value is -2.35. The van der Waals surface area contributed by atoms with Crippen LogP contribution in [0.1, 0.15) is 30.0 Å². The zero-order valence-electron chi connectivity index (χ0n) is 15.4. The predicted molar refractivity (Wildman–Crippen MR) is 110 cm³/mol. The first-order chi connectivity index (χ1) is 13.0. The van der Waals surface area contributed by atoms with Crippen molar-refractivity contribution in [3.05, 3.63) is 63.2 Å². The number of thiophene rings is 1. The minimum atomic E-state index is -0.520. The molecule has 0 N–H and O–H groups in total. The zero-order chi connectivity index (χ0) is 19.6. The van der Waals surface area contributed by atoms with Crippen molar-refractivity contribution in [2.45, 2.75) is 26.7 Å². The molecule has 27 heavy (non-hydrogen) atoms. The molecule has 2 aromatic carbocycles. The number of nitriles is 1. The Morgan fingerprint density at radius 1 is 1.26 bits per heavy atom. The van der Waals surface area contributed by atoms with Crippen LogP contribution in [0.2, 0.25) is 5.02 Å². The molecule has 0 aliphatic carbocycles. The highest BCUT2D eigenvalue weighted by Crippen LogP contribution is 2.42. The monoisotopic (exact) mass is 399 g/mol. The summed E-state index contributed by atoms with van der Waals surface area (Å²) in [6, 6.07) is 11.4. The van der Waals surface area contributed by atoms with Crippen LogP contribution in [0.25, 0.3) is 21.6 Å². The second kappa shape index (κ2) is 8.12. The molecule has 0 spiro atoms. The molecule has 1 heterocycles. The number of halogens is 2. The van der Waals surface area contributed by atoms with Crippen molar-refractivity contribution in [1.29, 1.82) is 5.26 Å². The zero-order valence-corrected chi connectivity index (χ0v) is 17.0. The lowest BCUT2D eigenvalue weighted by Gasteiger charge is -2.16. The maximum Gasteiger partial charge on any atom is 0.173 e. The summed E-state index contributed by atoms with van der Waals surface area (Å²) < 4.78 is 19.5. The summed E-state index contributed by atoms with van der Waals surface area (Å²) in [4.78, 5) is 1.01. The van der Waals surface area contributed by atoms with E-state index >= 15 is 0 Å². The van der Waals surface area contributed by atoms with Gasteiger partial charge in [0, 0.05) is 10.4 Å². The van der Waals surface area contributed by atoms with Crippen molar-refractivity contribution in [3.63, 3.8) is 0 Å². The summed E-state index contributed by atoms with van der Waals surface area (Å²) in [6.07, 6.45) is 1.80. The summed E-state index contributed by atoms with van der Waals surface area (Å²) in [6.45, 7) is 4.10. The van der Waals surface area contributed by atoms with Crippen LogP contribution in [0.4, 0.5) is 4.39 Å². The first-order valence-corrected chi connectivity index (χ1v) is 9.90. The molecule has 0 fully saturated rings. The molecule has 0 aliphatic rings. The van der Waals surface area contributed by atoms with Crippen LogP contribution >= 0.6 is 22.9 Å². The molecule has 0 amide bonds. The summed E-state index contributed by atoms with van der Waals surface area (Å²) in [5, 5.41) is 12.0. The van der Waals surface area contributed by atoms with Crippen LogP contribution in [0.3, 0.4) is 0 Å². The first kappa shape index (κ1) is 19.4. The van der Waals surface area contributed by atoms with Gasteiger partial charge >= 0.3 is 0 Å². The van der Waals surface area contributed by atoms with E-state index < -0.39 is 5.82 Å². The quantitative estimate of drug-likeness (QED) is 0.462. The number of nitrogens with zero attached hydrogens (tertiary/aromatic N) is 1. The van der Waals surface area contributed by atoms with Gasteiger partial charge in [0.05, 0.1) is 23.8 Å². The molecule has 138 valence electrons. The Kier molecular flexibility index (Phi) is 5.84. The standard InChI is InChI=1S/C22H19ClFNOS/c1-4-5-14-8-16(12-25)20(22-13(2)6-7-27-22)17(9-14)15-10-18(23)21(26-3)19(24)11-15/h6-11H,4-5H2,1-3H3. The van der Waals surface area contributed by atoms with E-state index in [1.165, 1.54) is 13.2 Å². The van der Waals surface area contributed by atoms with Gasteiger partial charge in [0.15, 0.2) is 11.6 Å². The molecule has 0 radical (unpaired) electrons. The van der Waals surface area contributed by atoms with E-state index in [1.807, 2.05) is 30.5 Å². The molecule has 3 rings (SSSR count). The van der Waals surface area contributed by atoms with Gasteiger partial charge in [-0.15, -0.1) is 11.3 Å². The van der Waals surface area contributed by atoms with Crippen LogP contribution in [-0.2, 0) is 6.42 Å². The van der Waals surface area contributed by atoms with Gasteiger partial charge in [-0.05, 0) is 65.2 Å². The second-order valence-corrected chi connectivity index (χ2v) is 7.66. The van der Waals surface area contributed by atoms with Gasteiger partial charge in [-0.3, -0.25) is 0 Å². The van der Waals surface area contributed by atoms with Crippen LogP contribution in [0.15, 0.2) is 35.7 Å². The molecule has 0 atom stereocenters. The third-order valence-electron chi connectivity index (χ3n) is 4.46. The van der Waals surface area contributed by atoms with E-state index in [0.717, 1.165) is 40.0 Å². The lowest BCUT2D eigenvalue weighted by atomic mass is 9.90. The second-order valence-electron chi connectivity index (χ2n) is 6.33. The van der Waals surface area contributed by atoms with Gasteiger partial charge in [-0.25, -0.2) is 4.39 Å². The Morgan fingerprint density at radius 3 is 2.59 bits per heavy atom. The van der Waals surface area contributed by atoms with Crippen LogP contribution in [0, 0.1) is 24.1 Å². The van der Waals surface area contributed by atoms with Crippen LogP contribution in [-0.4, -0.2) is 7.11 Å². The van der Waals surface area contributed by atoms with Crippen LogP contribution < -0.4 is 4.74 Å². The molecule has 0 saturated heterocycles. The molecule has 0 bridgehead atoms. The third kappa shape index (κ3) is 3.71. The normalized spacial score (nSPS) is 10.7. The van der Waals surface area contributed by atoms with Gasteiger partial charge in [-0.2, -0.15) is 5.26 Å². The van der Waals surface area contributed by atoms with Gasteiger partial charge in [0.1, 0.15) is 0 Å². The minimum Gasteiger partial charge on any atom is -0.492 e. The van der Waals surface area contributed by atoms with Crippen molar-refractivity contribution in [2.24, 2.45) is 0 Å². The highest BCUT2D eigenvalue weighted by atomic mass is 35.5. The first-order valence-electron chi connectivity index (χ1n) is 8.65. The Labute approximate surface area is 167 Å². The highest BCUT2D eigenvalue weighted by molar-refractivity contribution is 7.13. The third-order valence-corrected chi connectivity index (χ3v) is 5.77. The largest absolute Gasteiger partial charge is 0.492 e. The number of rotatable bonds is 5. The van der Waals surface area contributed by atoms with Crippen LogP contribution in [0.5, 0.6) is 5.75 Å². The maximum absolute atomic E-state index is 14.5. The Morgan fingerprint density at radius 2 is 2.04 bits per heavy atom. The number of methoxy groups -OCH3 is 1. The average Bonchev–Trinajstić information content (AvgIpc) is 3.06. The van der Waals surface area contributed by atoms with E-state index in [-0.39, 0.29) is 10.8 Å².